The van der Waals surface area contributed by atoms with Gasteiger partial charge in [-0.05, 0) is 69.6 Å². The van der Waals surface area contributed by atoms with E-state index in [1.165, 1.54) is 32.1 Å². The van der Waals surface area contributed by atoms with E-state index in [9.17, 15) is 4.79 Å². The van der Waals surface area contributed by atoms with Crippen molar-refractivity contribution in [1.29, 1.82) is 5.26 Å². The molecular formula is C15H22N2O2. The molecule has 0 N–H and O–H groups in total. The molecule has 2 saturated carbocycles. The van der Waals surface area contributed by atoms with E-state index in [0.29, 0.717) is 0 Å². The Labute approximate surface area is 114 Å². The number of carbonyl (C=O) groups excluding carboxylic acids is 1. The van der Waals surface area contributed by atoms with Gasteiger partial charge in [0.1, 0.15) is 6.10 Å². The average molecular weight is 262 g/mol. The first-order valence-corrected chi connectivity index (χ1v) is 7.43. The van der Waals surface area contributed by atoms with Crippen LogP contribution in [0.3, 0.4) is 0 Å². The van der Waals surface area contributed by atoms with Crippen molar-refractivity contribution in [2.45, 2.75) is 69.9 Å². The van der Waals surface area contributed by atoms with Crippen LogP contribution in [0.1, 0.15) is 57.8 Å². The van der Waals surface area contributed by atoms with Crippen molar-refractivity contribution in [2.75, 3.05) is 0 Å². The van der Waals surface area contributed by atoms with E-state index in [0.717, 1.165) is 37.5 Å². The molecule has 0 aromatic rings. The Morgan fingerprint density at radius 3 is 2.11 bits per heavy atom. The van der Waals surface area contributed by atoms with Crippen molar-refractivity contribution in [3.8, 4) is 6.26 Å². The summed E-state index contributed by atoms with van der Waals surface area (Å²) in [5, 5.41) is 8.51. The molecule has 2 aliphatic carbocycles. The molecule has 2 rings (SSSR count). The zero-order valence-electron chi connectivity index (χ0n) is 11.4. The molecule has 2 aliphatic rings. The van der Waals surface area contributed by atoms with Crippen LogP contribution in [0.15, 0.2) is 4.99 Å². The third kappa shape index (κ3) is 4.36. The topological polar surface area (TPSA) is 62.4 Å². The first-order chi connectivity index (χ1) is 9.31. The van der Waals surface area contributed by atoms with Crippen molar-refractivity contribution >= 4 is 6.08 Å². The molecule has 0 unspecified atom stereocenters. The molecule has 0 bridgehead atoms. The first-order valence-electron chi connectivity index (χ1n) is 7.43. The lowest BCUT2D eigenvalue weighted by Crippen LogP contribution is -2.24. The maximum atomic E-state index is 10.2. The number of rotatable bonds is 4. The number of isocyanates is 1. The molecule has 0 atom stereocenters. The zero-order valence-corrected chi connectivity index (χ0v) is 11.4. The molecule has 4 nitrogen and oxygen atoms in total. The molecule has 0 amide bonds. The second-order valence-electron chi connectivity index (χ2n) is 5.98. The average Bonchev–Trinajstić information content (AvgIpc) is 2.44. The molecule has 0 aromatic carbocycles. The second-order valence-corrected chi connectivity index (χ2v) is 5.98. The van der Waals surface area contributed by atoms with E-state index < -0.39 is 0 Å². The molecule has 0 aliphatic heterocycles. The summed E-state index contributed by atoms with van der Waals surface area (Å²) in [7, 11) is 0. The van der Waals surface area contributed by atoms with Crippen molar-refractivity contribution in [3.63, 3.8) is 0 Å². The third-order valence-corrected chi connectivity index (χ3v) is 4.73. The predicted molar refractivity (Wildman–Crippen MR) is 70.9 cm³/mol. The van der Waals surface area contributed by atoms with E-state index in [1.807, 2.05) is 6.26 Å². The number of nitrogens with zero attached hydrogens (tertiary/aromatic N) is 2. The predicted octanol–water partition coefficient (Wildman–Crippen LogP) is 3.33. The van der Waals surface area contributed by atoms with Crippen molar-refractivity contribution in [2.24, 2.45) is 16.8 Å². The summed E-state index contributed by atoms with van der Waals surface area (Å²) in [6.07, 6.45) is 13.9. The quantitative estimate of drug-likeness (QED) is 0.443. The molecule has 19 heavy (non-hydrogen) atoms. The van der Waals surface area contributed by atoms with Crippen molar-refractivity contribution in [1.82, 2.24) is 0 Å². The Morgan fingerprint density at radius 1 is 1.00 bits per heavy atom. The molecule has 2 fully saturated rings. The summed E-state index contributed by atoms with van der Waals surface area (Å²) in [6.45, 7) is 0. The number of nitriles is 1. The molecule has 0 saturated heterocycles. The molecule has 0 heterocycles. The van der Waals surface area contributed by atoms with Crippen LogP contribution in [-0.2, 0) is 9.53 Å². The smallest absolute Gasteiger partial charge is 0.286 e. The molecule has 0 radical (unpaired) electrons. The lowest BCUT2D eigenvalue weighted by molar-refractivity contribution is 0.0915. The summed E-state index contributed by atoms with van der Waals surface area (Å²) in [4.78, 5) is 14.1. The van der Waals surface area contributed by atoms with Gasteiger partial charge in [-0.2, -0.15) is 5.26 Å². The van der Waals surface area contributed by atoms with Gasteiger partial charge >= 0.3 is 0 Å². The minimum atomic E-state index is 0.166. The maximum absolute atomic E-state index is 10.2. The van der Waals surface area contributed by atoms with Crippen LogP contribution in [-0.4, -0.2) is 18.2 Å². The van der Waals surface area contributed by atoms with Crippen molar-refractivity contribution < 1.29 is 9.53 Å². The van der Waals surface area contributed by atoms with E-state index in [4.69, 9.17) is 10.00 Å². The van der Waals surface area contributed by atoms with E-state index in [-0.39, 0.29) is 12.1 Å². The molecular weight excluding hydrogens is 240 g/mol. The number of aliphatic imine (C=N–C) groups is 1. The lowest BCUT2D eigenvalue weighted by atomic mass is 9.76. The maximum Gasteiger partial charge on any atom is 0.286 e. The Balaban J connectivity index is 1.67. The minimum absolute atomic E-state index is 0.166. The van der Waals surface area contributed by atoms with Gasteiger partial charge in [-0.25, -0.2) is 9.79 Å². The number of hydrogen-bond donors (Lipinski definition) is 0. The molecule has 104 valence electrons. The van der Waals surface area contributed by atoms with Crippen molar-refractivity contribution in [3.05, 3.63) is 0 Å². The van der Waals surface area contributed by atoms with Crippen LogP contribution in [0.5, 0.6) is 0 Å². The van der Waals surface area contributed by atoms with Gasteiger partial charge < -0.3 is 4.74 Å². The summed E-state index contributed by atoms with van der Waals surface area (Å²) < 4.78 is 5.02. The Kier molecular flexibility index (Phi) is 5.42. The fourth-order valence-corrected chi connectivity index (χ4v) is 3.62. The van der Waals surface area contributed by atoms with Crippen LogP contribution in [0.2, 0.25) is 0 Å². The zero-order chi connectivity index (χ0) is 13.5. The summed E-state index contributed by atoms with van der Waals surface area (Å²) in [5.41, 5.74) is 0. The van der Waals surface area contributed by atoms with E-state index in [2.05, 4.69) is 4.99 Å². The van der Waals surface area contributed by atoms with E-state index >= 15 is 0 Å². The van der Waals surface area contributed by atoms with Gasteiger partial charge in [-0.15, -0.1) is 0 Å². The highest BCUT2D eigenvalue weighted by Crippen LogP contribution is 2.36. The normalized spacial score (nSPS) is 34.9. The monoisotopic (exact) mass is 262 g/mol. The fourth-order valence-electron chi connectivity index (χ4n) is 3.62. The highest BCUT2D eigenvalue weighted by molar-refractivity contribution is 5.33. The van der Waals surface area contributed by atoms with Gasteiger partial charge in [0.2, 0.25) is 6.08 Å². The van der Waals surface area contributed by atoms with Gasteiger partial charge in [0.25, 0.3) is 6.26 Å². The Hall–Kier alpha value is -1.33. The third-order valence-electron chi connectivity index (χ3n) is 4.73. The van der Waals surface area contributed by atoms with Gasteiger partial charge in [-0.1, -0.05) is 0 Å². The summed E-state index contributed by atoms with van der Waals surface area (Å²) >= 11 is 0. The van der Waals surface area contributed by atoms with Crippen LogP contribution in [0.25, 0.3) is 0 Å². The number of ether oxygens (including phenoxy) is 1. The largest absolute Gasteiger partial charge is 0.424 e. The molecule has 4 heteroatoms. The minimum Gasteiger partial charge on any atom is -0.424 e. The SMILES string of the molecule is N#CO[C@H]1CC[C@@H](C[C@H]2CC[C@H](N=C=O)CC2)CC1. The van der Waals surface area contributed by atoms with Crippen LogP contribution in [0.4, 0.5) is 0 Å². The number of hydrogen-bond acceptors (Lipinski definition) is 4. The first kappa shape index (κ1) is 14.1. The highest BCUT2D eigenvalue weighted by Gasteiger charge is 2.27. The van der Waals surface area contributed by atoms with Crippen LogP contribution >= 0.6 is 0 Å². The summed E-state index contributed by atoms with van der Waals surface area (Å²) in [5.74, 6) is 1.60. The van der Waals surface area contributed by atoms with Crippen LogP contribution < -0.4 is 0 Å². The van der Waals surface area contributed by atoms with Gasteiger partial charge in [0.15, 0.2) is 0 Å². The Morgan fingerprint density at radius 2 is 1.58 bits per heavy atom. The van der Waals surface area contributed by atoms with E-state index in [1.54, 1.807) is 6.08 Å². The second kappa shape index (κ2) is 7.31. The summed E-state index contributed by atoms with van der Waals surface area (Å²) in [6, 6.07) is 0.230. The van der Waals surface area contributed by atoms with Gasteiger partial charge in [0, 0.05) is 0 Å². The molecule has 0 aromatic heterocycles. The molecule has 0 spiro atoms. The van der Waals surface area contributed by atoms with Gasteiger partial charge in [0.05, 0.1) is 6.04 Å². The fraction of sp³-hybridized carbons (Fsp3) is 0.867. The lowest BCUT2D eigenvalue weighted by Gasteiger charge is -2.32. The highest BCUT2D eigenvalue weighted by atomic mass is 16.5. The Bertz CT molecular complexity index is 355. The standard InChI is InChI=1S/C15H22N2O2/c16-10-19-15-7-3-13(4-8-15)9-12-1-5-14(6-2-12)17-11-18/h12-15H,1-9H2/t12-,13-,14-,15+. The van der Waals surface area contributed by atoms with Gasteiger partial charge in [-0.3, -0.25) is 0 Å². The van der Waals surface area contributed by atoms with Crippen LogP contribution in [0, 0.1) is 23.4 Å².